The first kappa shape index (κ1) is 14.2. The number of ether oxygens (including phenoxy) is 1. The predicted molar refractivity (Wildman–Crippen MR) is 70.4 cm³/mol. The van der Waals surface area contributed by atoms with Gasteiger partial charge >= 0.3 is 0 Å². The van der Waals surface area contributed by atoms with Crippen molar-refractivity contribution in [2.45, 2.75) is 25.5 Å². The molecule has 0 bridgehead atoms. The summed E-state index contributed by atoms with van der Waals surface area (Å²) in [5.41, 5.74) is 0.973. The van der Waals surface area contributed by atoms with E-state index in [1.54, 1.807) is 0 Å². The Morgan fingerprint density at radius 1 is 1.30 bits per heavy atom. The standard InChI is InChI=1S/C14H16N2O4/c17-12-7-6-11(14(19)16-12)15-13(18)9-20-8-10-4-2-1-3-5-10/h1-5,11H,6-9H2,(H,15,18)(H,16,17,19). The molecule has 0 aromatic heterocycles. The summed E-state index contributed by atoms with van der Waals surface area (Å²) in [6.07, 6.45) is 0.566. The van der Waals surface area contributed by atoms with Gasteiger partial charge in [0.05, 0.1) is 6.61 Å². The van der Waals surface area contributed by atoms with E-state index in [2.05, 4.69) is 10.6 Å². The summed E-state index contributed by atoms with van der Waals surface area (Å²) in [6, 6.07) is 8.83. The number of hydrogen-bond donors (Lipinski definition) is 2. The van der Waals surface area contributed by atoms with Gasteiger partial charge in [-0.15, -0.1) is 0 Å². The smallest absolute Gasteiger partial charge is 0.249 e. The van der Waals surface area contributed by atoms with Crippen LogP contribution in [0.15, 0.2) is 30.3 Å². The fourth-order valence-corrected chi connectivity index (χ4v) is 1.90. The minimum absolute atomic E-state index is 0.118. The van der Waals surface area contributed by atoms with E-state index in [-0.39, 0.29) is 24.8 Å². The largest absolute Gasteiger partial charge is 0.367 e. The van der Waals surface area contributed by atoms with Crippen molar-refractivity contribution >= 4 is 17.7 Å². The van der Waals surface area contributed by atoms with Crippen molar-refractivity contribution in [2.75, 3.05) is 6.61 Å². The Balaban J connectivity index is 1.70. The first-order valence-corrected chi connectivity index (χ1v) is 6.40. The zero-order valence-corrected chi connectivity index (χ0v) is 10.9. The molecule has 1 fully saturated rings. The van der Waals surface area contributed by atoms with Crippen molar-refractivity contribution in [3.63, 3.8) is 0 Å². The molecule has 1 saturated heterocycles. The van der Waals surface area contributed by atoms with E-state index in [1.807, 2.05) is 30.3 Å². The van der Waals surface area contributed by atoms with E-state index < -0.39 is 11.9 Å². The lowest BCUT2D eigenvalue weighted by Gasteiger charge is -2.21. The maximum Gasteiger partial charge on any atom is 0.249 e. The van der Waals surface area contributed by atoms with Crippen LogP contribution in [0.5, 0.6) is 0 Å². The zero-order valence-electron chi connectivity index (χ0n) is 10.9. The maximum atomic E-state index is 11.6. The molecule has 1 aromatic carbocycles. The van der Waals surface area contributed by atoms with Crippen LogP contribution in [-0.2, 0) is 25.7 Å². The second-order valence-corrected chi connectivity index (χ2v) is 4.55. The van der Waals surface area contributed by atoms with E-state index in [0.29, 0.717) is 13.0 Å². The third-order valence-electron chi connectivity index (χ3n) is 2.92. The fourth-order valence-electron chi connectivity index (χ4n) is 1.90. The van der Waals surface area contributed by atoms with Crippen LogP contribution in [0.25, 0.3) is 0 Å². The van der Waals surface area contributed by atoms with Gasteiger partial charge in [-0.05, 0) is 12.0 Å². The van der Waals surface area contributed by atoms with Crippen LogP contribution in [0.1, 0.15) is 18.4 Å². The van der Waals surface area contributed by atoms with Crippen molar-refractivity contribution in [1.29, 1.82) is 0 Å². The molecule has 1 aliphatic rings. The average molecular weight is 276 g/mol. The molecule has 0 aliphatic carbocycles. The molecule has 20 heavy (non-hydrogen) atoms. The van der Waals surface area contributed by atoms with Gasteiger partial charge in [-0.25, -0.2) is 0 Å². The summed E-state index contributed by atoms with van der Waals surface area (Å²) in [6.45, 7) is 0.218. The minimum Gasteiger partial charge on any atom is -0.367 e. The van der Waals surface area contributed by atoms with Crippen LogP contribution in [0.3, 0.4) is 0 Å². The van der Waals surface area contributed by atoms with E-state index in [1.165, 1.54) is 0 Å². The lowest BCUT2D eigenvalue weighted by molar-refractivity contribution is -0.138. The molecule has 106 valence electrons. The Labute approximate surface area is 116 Å². The van der Waals surface area contributed by atoms with Gasteiger partial charge in [0.25, 0.3) is 0 Å². The Morgan fingerprint density at radius 3 is 2.75 bits per heavy atom. The highest BCUT2D eigenvalue weighted by atomic mass is 16.5. The van der Waals surface area contributed by atoms with Crippen LogP contribution in [0.4, 0.5) is 0 Å². The first-order valence-electron chi connectivity index (χ1n) is 6.40. The molecular formula is C14H16N2O4. The van der Waals surface area contributed by atoms with Crippen molar-refractivity contribution in [1.82, 2.24) is 10.6 Å². The number of carbonyl (C=O) groups is 3. The quantitative estimate of drug-likeness (QED) is 0.748. The summed E-state index contributed by atoms with van der Waals surface area (Å²) >= 11 is 0. The van der Waals surface area contributed by atoms with Crippen molar-refractivity contribution in [3.8, 4) is 0 Å². The van der Waals surface area contributed by atoms with E-state index in [9.17, 15) is 14.4 Å². The highest BCUT2D eigenvalue weighted by Crippen LogP contribution is 2.04. The molecule has 1 atom stereocenters. The fraction of sp³-hybridized carbons (Fsp3) is 0.357. The van der Waals surface area contributed by atoms with E-state index >= 15 is 0 Å². The van der Waals surface area contributed by atoms with Crippen LogP contribution < -0.4 is 10.6 Å². The van der Waals surface area contributed by atoms with Crippen molar-refractivity contribution in [3.05, 3.63) is 35.9 Å². The zero-order chi connectivity index (χ0) is 14.4. The average Bonchev–Trinajstić information content (AvgIpc) is 2.43. The summed E-state index contributed by atoms with van der Waals surface area (Å²) in [5, 5.41) is 4.73. The Morgan fingerprint density at radius 2 is 2.05 bits per heavy atom. The molecule has 6 nitrogen and oxygen atoms in total. The van der Waals surface area contributed by atoms with Gasteiger partial charge in [-0.2, -0.15) is 0 Å². The Kier molecular flexibility index (Phi) is 4.84. The van der Waals surface area contributed by atoms with Crippen LogP contribution >= 0.6 is 0 Å². The number of benzene rings is 1. The van der Waals surface area contributed by atoms with Crippen molar-refractivity contribution < 1.29 is 19.1 Å². The van der Waals surface area contributed by atoms with Gasteiger partial charge in [0.2, 0.25) is 17.7 Å². The molecular weight excluding hydrogens is 260 g/mol. The van der Waals surface area contributed by atoms with Gasteiger partial charge in [0.15, 0.2) is 0 Å². The van der Waals surface area contributed by atoms with Gasteiger partial charge in [0, 0.05) is 6.42 Å². The van der Waals surface area contributed by atoms with Crippen molar-refractivity contribution in [2.24, 2.45) is 0 Å². The number of nitrogens with one attached hydrogen (secondary N) is 2. The van der Waals surface area contributed by atoms with Gasteiger partial charge in [-0.3, -0.25) is 19.7 Å². The monoisotopic (exact) mass is 276 g/mol. The maximum absolute atomic E-state index is 11.6. The number of imide groups is 1. The normalized spacial score (nSPS) is 18.5. The Hall–Kier alpha value is -2.21. The number of carbonyl (C=O) groups excluding carboxylic acids is 3. The highest BCUT2D eigenvalue weighted by molar-refractivity contribution is 6.01. The predicted octanol–water partition coefficient (Wildman–Crippen LogP) is 0.125. The molecule has 0 spiro atoms. The van der Waals surface area contributed by atoms with E-state index in [0.717, 1.165) is 5.56 Å². The van der Waals surface area contributed by atoms with Crippen LogP contribution in [0.2, 0.25) is 0 Å². The third kappa shape index (κ3) is 4.17. The SMILES string of the molecule is O=C1CCC(NC(=O)COCc2ccccc2)C(=O)N1. The lowest BCUT2D eigenvalue weighted by Crippen LogP contribution is -2.52. The molecule has 0 radical (unpaired) electrons. The van der Waals surface area contributed by atoms with Gasteiger partial charge in [0.1, 0.15) is 12.6 Å². The second-order valence-electron chi connectivity index (χ2n) is 4.55. The molecule has 3 amide bonds. The summed E-state index contributed by atoms with van der Waals surface area (Å²) in [4.78, 5) is 34.0. The van der Waals surface area contributed by atoms with Gasteiger partial charge in [-0.1, -0.05) is 30.3 Å². The van der Waals surface area contributed by atoms with Crippen LogP contribution in [0, 0.1) is 0 Å². The number of piperidine rings is 1. The van der Waals surface area contributed by atoms with Gasteiger partial charge < -0.3 is 10.1 Å². The molecule has 1 unspecified atom stereocenters. The summed E-state index contributed by atoms with van der Waals surface area (Å²) in [7, 11) is 0. The first-order chi connectivity index (χ1) is 9.65. The number of rotatable bonds is 5. The third-order valence-corrected chi connectivity index (χ3v) is 2.92. The molecule has 1 aliphatic heterocycles. The number of hydrogen-bond acceptors (Lipinski definition) is 4. The second kappa shape index (κ2) is 6.81. The lowest BCUT2D eigenvalue weighted by atomic mass is 10.1. The molecule has 2 rings (SSSR count). The Bertz CT molecular complexity index is 501. The summed E-state index contributed by atoms with van der Waals surface area (Å²) < 4.78 is 5.27. The summed E-state index contributed by atoms with van der Waals surface area (Å²) in [5.74, 6) is -1.13. The minimum atomic E-state index is -0.652. The molecule has 6 heteroatoms. The topological polar surface area (TPSA) is 84.5 Å². The molecule has 2 N–H and O–H groups in total. The molecule has 1 heterocycles. The van der Waals surface area contributed by atoms with Crippen LogP contribution in [-0.4, -0.2) is 30.4 Å². The van der Waals surface area contributed by atoms with E-state index in [4.69, 9.17) is 4.74 Å². The molecule has 0 saturated carbocycles. The highest BCUT2D eigenvalue weighted by Gasteiger charge is 2.27. The molecule has 1 aromatic rings. The number of amides is 3.